The first kappa shape index (κ1) is 19.8. The summed E-state index contributed by atoms with van der Waals surface area (Å²) in [6.07, 6.45) is 5.51. The van der Waals surface area contributed by atoms with Gasteiger partial charge < -0.3 is 10.6 Å². The van der Waals surface area contributed by atoms with Gasteiger partial charge >= 0.3 is 0 Å². The number of nitrogens with zero attached hydrogens (tertiary/aromatic N) is 3. The second-order valence-electron chi connectivity index (χ2n) is 4.87. The number of nitrogens with one attached hydrogen (secondary N) is 2. The van der Waals surface area contributed by atoms with Crippen LogP contribution in [-0.2, 0) is 12.8 Å². The van der Waals surface area contributed by atoms with Gasteiger partial charge in [-0.25, -0.2) is 4.98 Å². The predicted octanol–water partition coefficient (Wildman–Crippen LogP) is 2.80. The maximum atomic E-state index is 4.59. The normalized spacial score (nSPS) is 11.0. The molecule has 7 heteroatoms. The molecule has 126 valence electrons. The van der Waals surface area contributed by atoms with Crippen LogP contribution >= 0.6 is 35.3 Å². The molecular weight excluding hydrogens is 421 g/mol. The average molecular weight is 445 g/mol. The minimum absolute atomic E-state index is 0. The van der Waals surface area contributed by atoms with Crippen LogP contribution in [0.3, 0.4) is 0 Å². The fourth-order valence-corrected chi connectivity index (χ4v) is 2.75. The molecule has 0 saturated heterocycles. The van der Waals surface area contributed by atoms with E-state index in [2.05, 4.69) is 39.4 Å². The molecule has 0 aliphatic rings. The summed E-state index contributed by atoms with van der Waals surface area (Å²) < 4.78 is 0. The summed E-state index contributed by atoms with van der Waals surface area (Å²) in [5.74, 6) is 0.853. The highest BCUT2D eigenvalue weighted by molar-refractivity contribution is 14.0. The lowest BCUT2D eigenvalue weighted by Gasteiger charge is -2.10. The Labute approximate surface area is 159 Å². The van der Waals surface area contributed by atoms with E-state index in [1.807, 2.05) is 30.6 Å². The topological polar surface area (TPSA) is 62.2 Å². The zero-order valence-corrected chi connectivity index (χ0v) is 16.7. The molecule has 2 heterocycles. The van der Waals surface area contributed by atoms with E-state index >= 15 is 0 Å². The molecule has 0 aliphatic carbocycles. The van der Waals surface area contributed by atoms with Gasteiger partial charge in [0.1, 0.15) is 0 Å². The van der Waals surface area contributed by atoms with Crippen LogP contribution in [-0.4, -0.2) is 35.6 Å². The van der Waals surface area contributed by atoms with Gasteiger partial charge in [0.25, 0.3) is 0 Å². The van der Waals surface area contributed by atoms with Gasteiger partial charge in [-0.05, 0) is 26.0 Å². The van der Waals surface area contributed by atoms with Gasteiger partial charge in [-0.15, -0.1) is 35.3 Å². The summed E-state index contributed by atoms with van der Waals surface area (Å²) in [5.41, 5.74) is 1.09. The van der Waals surface area contributed by atoms with Crippen LogP contribution in [0.4, 0.5) is 0 Å². The summed E-state index contributed by atoms with van der Waals surface area (Å²) >= 11 is 1.74. The number of halogens is 1. The van der Waals surface area contributed by atoms with Gasteiger partial charge in [0, 0.05) is 55.4 Å². The lowest BCUT2D eigenvalue weighted by Crippen LogP contribution is -2.38. The van der Waals surface area contributed by atoms with Crippen molar-refractivity contribution < 1.29 is 0 Å². The van der Waals surface area contributed by atoms with Crippen LogP contribution in [0.1, 0.15) is 22.5 Å². The Hall–Kier alpha value is -1.22. The van der Waals surface area contributed by atoms with Crippen LogP contribution in [0.15, 0.2) is 35.6 Å². The molecule has 0 aliphatic heterocycles. The first-order valence-corrected chi connectivity index (χ1v) is 8.43. The standard InChI is InChI=1S/C16H23N5S.HI/c1-3-17-16(19-10-7-14-6-4-5-9-18-14)20-11-8-15-21-12-13(2)22-15;/h4-6,9,12H,3,7-8,10-11H2,1-2H3,(H2,17,19,20);1H. The van der Waals surface area contributed by atoms with Gasteiger partial charge in [-0.2, -0.15) is 0 Å². The Balaban J connectivity index is 0.00000264. The van der Waals surface area contributed by atoms with Gasteiger partial charge in [0.05, 0.1) is 5.01 Å². The van der Waals surface area contributed by atoms with Crippen LogP contribution < -0.4 is 10.6 Å². The Morgan fingerprint density at radius 1 is 1.22 bits per heavy atom. The fourth-order valence-electron chi connectivity index (χ4n) is 1.98. The van der Waals surface area contributed by atoms with Crippen molar-refractivity contribution in [3.63, 3.8) is 0 Å². The average Bonchev–Trinajstić information content (AvgIpc) is 2.94. The van der Waals surface area contributed by atoms with Crippen molar-refractivity contribution >= 4 is 41.3 Å². The maximum Gasteiger partial charge on any atom is 0.191 e. The van der Waals surface area contributed by atoms with Crippen molar-refractivity contribution in [2.45, 2.75) is 26.7 Å². The largest absolute Gasteiger partial charge is 0.357 e. The van der Waals surface area contributed by atoms with E-state index in [0.717, 1.165) is 49.1 Å². The number of rotatable bonds is 7. The quantitative estimate of drug-likeness (QED) is 0.391. The summed E-state index contributed by atoms with van der Waals surface area (Å²) in [6, 6.07) is 5.98. The third kappa shape index (κ3) is 7.74. The second kappa shape index (κ2) is 11.3. The molecule has 0 radical (unpaired) electrons. The van der Waals surface area contributed by atoms with E-state index in [0.29, 0.717) is 0 Å². The van der Waals surface area contributed by atoms with E-state index in [4.69, 9.17) is 0 Å². The van der Waals surface area contributed by atoms with Gasteiger partial charge in [-0.3, -0.25) is 9.98 Å². The molecule has 0 fully saturated rings. The van der Waals surface area contributed by atoms with Gasteiger partial charge in [0.2, 0.25) is 0 Å². The number of pyridine rings is 1. The molecular formula is C16H24IN5S. The van der Waals surface area contributed by atoms with Gasteiger partial charge in [-0.1, -0.05) is 6.07 Å². The summed E-state index contributed by atoms with van der Waals surface area (Å²) in [4.78, 5) is 14.5. The monoisotopic (exact) mass is 445 g/mol. The van der Waals surface area contributed by atoms with E-state index in [9.17, 15) is 0 Å². The molecule has 0 atom stereocenters. The summed E-state index contributed by atoms with van der Waals surface area (Å²) in [7, 11) is 0. The van der Waals surface area contributed by atoms with Gasteiger partial charge in [0.15, 0.2) is 5.96 Å². The molecule has 5 nitrogen and oxygen atoms in total. The number of thiazole rings is 1. The number of aryl methyl sites for hydroxylation is 1. The van der Waals surface area contributed by atoms with Crippen molar-refractivity contribution in [2.75, 3.05) is 19.6 Å². The van der Waals surface area contributed by atoms with Crippen LogP contribution in [0.2, 0.25) is 0 Å². The number of guanidine groups is 1. The first-order valence-electron chi connectivity index (χ1n) is 7.61. The minimum atomic E-state index is 0. The fraction of sp³-hybridized carbons (Fsp3) is 0.438. The van der Waals surface area contributed by atoms with Crippen LogP contribution in [0.5, 0.6) is 0 Å². The molecule has 0 bridgehead atoms. The highest BCUT2D eigenvalue weighted by atomic mass is 127. The molecule has 0 saturated carbocycles. The van der Waals surface area contributed by atoms with E-state index in [-0.39, 0.29) is 24.0 Å². The molecule has 0 amide bonds. The lowest BCUT2D eigenvalue weighted by atomic mass is 10.3. The molecule has 2 aromatic rings. The van der Waals surface area contributed by atoms with Crippen molar-refractivity contribution in [1.82, 2.24) is 20.6 Å². The minimum Gasteiger partial charge on any atom is -0.357 e. The number of aliphatic imine (C=N–C) groups is 1. The smallest absolute Gasteiger partial charge is 0.191 e. The Morgan fingerprint density at radius 3 is 2.74 bits per heavy atom. The molecule has 0 spiro atoms. The van der Waals surface area contributed by atoms with E-state index < -0.39 is 0 Å². The molecule has 2 aromatic heterocycles. The zero-order chi connectivity index (χ0) is 15.6. The molecule has 0 aromatic carbocycles. The van der Waals surface area contributed by atoms with Crippen molar-refractivity contribution in [3.05, 3.63) is 46.2 Å². The van der Waals surface area contributed by atoms with Crippen LogP contribution in [0.25, 0.3) is 0 Å². The maximum absolute atomic E-state index is 4.59. The second-order valence-corrected chi connectivity index (χ2v) is 6.19. The molecule has 2 N–H and O–H groups in total. The molecule has 0 unspecified atom stereocenters. The summed E-state index contributed by atoms with van der Waals surface area (Å²) in [5, 5.41) is 7.75. The molecule has 2 rings (SSSR count). The predicted molar refractivity (Wildman–Crippen MR) is 108 cm³/mol. The highest BCUT2D eigenvalue weighted by Crippen LogP contribution is 2.11. The third-order valence-electron chi connectivity index (χ3n) is 3.01. The first-order chi connectivity index (χ1) is 10.8. The van der Waals surface area contributed by atoms with Crippen molar-refractivity contribution in [1.29, 1.82) is 0 Å². The Kier molecular flexibility index (Phi) is 9.77. The number of hydrogen-bond donors (Lipinski definition) is 2. The number of hydrogen-bond acceptors (Lipinski definition) is 4. The van der Waals surface area contributed by atoms with Crippen LogP contribution in [0, 0.1) is 6.92 Å². The Bertz CT molecular complexity index is 585. The summed E-state index contributed by atoms with van der Waals surface area (Å²) in [6.45, 7) is 6.56. The Morgan fingerprint density at radius 2 is 2.09 bits per heavy atom. The number of aromatic nitrogens is 2. The molecule has 23 heavy (non-hydrogen) atoms. The van der Waals surface area contributed by atoms with Crippen molar-refractivity contribution in [2.24, 2.45) is 4.99 Å². The van der Waals surface area contributed by atoms with Crippen molar-refractivity contribution in [3.8, 4) is 0 Å². The van der Waals surface area contributed by atoms with E-state index in [1.54, 1.807) is 11.3 Å². The van der Waals surface area contributed by atoms with E-state index in [1.165, 1.54) is 4.88 Å². The third-order valence-corrected chi connectivity index (χ3v) is 3.98. The highest BCUT2D eigenvalue weighted by Gasteiger charge is 2.00. The lowest BCUT2D eigenvalue weighted by molar-refractivity contribution is 0.785. The SMILES string of the molecule is CCNC(=NCCc1ncc(C)s1)NCCc1ccccn1.I. The zero-order valence-electron chi connectivity index (χ0n) is 13.6.